The van der Waals surface area contributed by atoms with Crippen LogP contribution in [0.4, 0.5) is 0 Å². The average molecular weight is 200 g/mol. The van der Waals surface area contributed by atoms with E-state index in [1.165, 1.54) is 6.42 Å². The standard InChI is InChI=1S/C10H20N2O2/c1-7(2)9(10(13)14)12-6-8-4-3-5-11-8/h7-9,11-12H,3-6H2,1-2H3,(H,13,14). The van der Waals surface area contributed by atoms with Crippen LogP contribution in [-0.2, 0) is 4.79 Å². The maximum Gasteiger partial charge on any atom is 0.320 e. The second kappa shape index (κ2) is 5.32. The summed E-state index contributed by atoms with van der Waals surface area (Å²) in [5, 5.41) is 15.4. The van der Waals surface area contributed by atoms with Gasteiger partial charge >= 0.3 is 5.97 Å². The maximum absolute atomic E-state index is 10.9. The highest BCUT2D eigenvalue weighted by atomic mass is 16.4. The number of hydrogen-bond acceptors (Lipinski definition) is 3. The summed E-state index contributed by atoms with van der Waals surface area (Å²) in [4.78, 5) is 10.9. The van der Waals surface area contributed by atoms with Crippen LogP contribution in [0.5, 0.6) is 0 Å². The van der Waals surface area contributed by atoms with E-state index in [0.29, 0.717) is 6.04 Å². The van der Waals surface area contributed by atoms with E-state index in [-0.39, 0.29) is 5.92 Å². The zero-order chi connectivity index (χ0) is 10.6. The first-order chi connectivity index (χ1) is 6.61. The first-order valence-corrected chi connectivity index (χ1v) is 5.31. The summed E-state index contributed by atoms with van der Waals surface area (Å²) < 4.78 is 0. The van der Waals surface area contributed by atoms with Gasteiger partial charge in [-0.15, -0.1) is 0 Å². The van der Waals surface area contributed by atoms with Crippen LogP contribution in [0.3, 0.4) is 0 Å². The van der Waals surface area contributed by atoms with Gasteiger partial charge in [0, 0.05) is 12.6 Å². The molecule has 1 saturated heterocycles. The maximum atomic E-state index is 10.9. The van der Waals surface area contributed by atoms with Gasteiger partial charge in [-0.25, -0.2) is 0 Å². The minimum absolute atomic E-state index is 0.133. The summed E-state index contributed by atoms with van der Waals surface area (Å²) in [6.45, 7) is 5.67. The van der Waals surface area contributed by atoms with Crippen LogP contribution < -0.4 is 10.6 Å². The van der Waals surface area contributed by atoms with Crippen LogP contribution >= 0.6 is 0 Å². The van der Waals surface area contributed by atoms with E-state index in [1.54, 1.807) is 0 Å². The second-order valence-corrected chi connectivity index (χ2v) is 4.26. The largest absolute Gasteiger partial charge is 0.480 e. The Morgan fingerprint density at radius 1 is 1.64 bits per heavy atom. The molecule has 2 unspecified atom stereocenters. The lowest BCUT2D eigenvalue weighted by molar-refractivity contribution is -0.140. The fourth-order valence-corrected chi connectivity index (χ4v) is 1.81. The summed E-state index contributed by atoms with van der Waals surface area (Å²) in [5.41, 5.74) is 0. The van der Waals surface area contributed by atoms with Gasteiger partial charge in [0.25, 0.3) is 0 Å². The van der Waals surface area contributed by atoms with Crippen molar-refractivity contribution in [1.29, 1.82) is 0 Å². The van der Waals surface area contributed by atoms with Gasteiger partial charge < -0.3 is 15.7 Å². The molecule has 82 valence electrons. The summed E-state index contributed by atoms with van der Waals surface area (Å²) in [6, 6.07) is 0.0352. The van der Waals surface area contributed by atoms with E-state index in [1.807, 2.05) is 13.8 Å². The normalized spacial score (nSPS) is 24.1. The predicted octanol–water partition coefficient (Wildman–Crippen LogP) is 0.437. The van der Waals surface area contributed by atoms with Crippen molar-refractivity contribution in [2.75, 3.05) is 13.1 Å². The molecule has 1 fully saturated rings. The number of rotatable bonds is 5. The molecule has 2 atom stereocenters. The predicted molar refractivity (Wildman–Crippen MR) is 55.3 cm³/mol. The first-order valence-electron chi connectivity index (χ1n) is 5.31. The number of carboxylic acid groups (broad SMARTS) is 1. The number of aliphatic carboxylic acids is 1. The number of nitrogens with one attached hydrogen (secondary N) is 2. The van der Waals surface area contributed by atoms with Crippen LogP contribution in [0.1, 0.15) is 26.7 Å². The van der Waals surface area contributed by atoms with E-state index in [0.717, 1.165) is 19.5 Å². The van der Waals surface area contributed by atoms with Crippen LogP contribution in [0.25, 0.3) is 0 Å². The second-order valence-electron chi connectivity index (χ2n) is 4.26. The van der Waals surface area contributed by atoms with Crippen molar-refractivity contribution in [1.82, 2.24) is 10.6 Å². The van der Waals surface area contributed by atoms with E-state index in [9.17, 15) is 4.79 Å². The Morgan fingerprint density at radius 3 is 2.79 bits per heavy atom. The summed E-state index contributed by atoms with van der Waals surface area (Å²) >= 11 is 0. The molecule has 0 aromatic heterocycles. The smallest absolute Gasteiger partial charge is 0.320 e. The monoisotopic (exact) mass is 200 g/mol. The molecule has 0 radical (unpaired) electrons. The number of carbonyl (C=O) groups is 1. The van der Waals surface area contributed by atoms with Gasteiger partial charge in [-0.1, -0.05) is 13.8 Å². The number of carboxylic acids is 1. The first kappa shape index (κ1) is 11.5. The van der Waals surface area contributed by atoms with Crippen molar-refractivity contribution in [3.63, 3.8) is 0 Å². The molecule has 4 nitrogen and oxygen atoms in total. The van der Waals surface area contributed by atoms with Gasteiger partial charge in [0.1, 0.15) is 6.04 Å². The Morgan fingerprint density at radius 2 is 2.36 bits per heavy atom. The molecule has 0 saturated carbocycles. The van der Waals surface area contributed by atoms with Gasteiger partial charge in [0.2, 0.25) is 0 Å². The fourth-order valence-electron chi connectivity index (χ4n) is 1.81. The molecule has 4 heteroatoms. The third kappa shape index (κ3) is 3.27. The molecule has 1 aliphatic rings. The quantitative estimate of drug-likeness (QED) is 0.602. The van der Waals surface area contributed by atoms with Crippen molar-refractivity contribution in [2.45, 2.75) is 38.8 Å². The van der Waals surface area contributed by atoms with Gasteiger partial charge in [-0.3, -0.25) is 4.79 Å². The van der Waals surface area contributed by atoms with Crippen molar-refractivity contribution >= 4 is 5.97 Å². The molecule has 0 amide bonds. The highest BCUT2D eigenvalue weighted by Crippen LogP contribution is 2.06. The van der Waals surface area contributed by atoms with Crippen LogP contribution in [-0.4, -0.2) is 36.2 Å². The third-order valence-corrected chi connectivity index (χ3v) is 2.68. The highest BCUT2D eigenvalue weighted by molar-refractivity contribution is 5.73. The topological polar surface area (TPSA) is 61.4 Å². The van der Waals surface area contributed by atoms with Crippen molar-refractivity contribution in [2.24, 2.45) is 5.92 Å². The Bertz CT molecular complexity index is 189. The summed E-state index contributed by atoms with van der Waals surface area (Å²) in [7, 11) is 0. The molecule has 1 rings (SSSR count). The minimum Gasteiger partial charge on any atom is -0.480 e. The average Bonchev–Trinajstić information content (AvgIpc) is 2.55. The lowest BCUT2D eigenvalue weighted by Gasteiger charge is -2.20. The van der Waals surface area contributed by atoms with Crippen LogP contribution in [0.2, 0.25) is 0 Å². The number of hydrogen-bond donors (Lipinski definition) is 3. The third-order valence-electron chi connectivity index (χ3n) is 2.68. The molecule has 1 heterocycles. The van der Waals surface area contributed by atoms with Crippen LogP contribution in [0.15, 0.2) is 0 Å². The lowest BCUT2D eigenvalue weighted by atomic mass is 10.0. The minimum atomic E-state index is -0.752. The molecular formula is C10H20N2O2. The fraction of sp³-hybridized carbons (Fsp3) is 0.900. The van der Waals surface area contributed by atoms with E-state index < -0.39 is 12.0 Å². The van der Waals surface area contributed by atoms with Crippen molar-refractivity contribution in [3.8, 4) is 0 Å². The van der Waals surface area contributed by atoms with Crippen molar-refractivity contribution in [3.05, 3.63) is 0 Å². The zero-order valence-electron chi connectivity index (χ0n) is 8.92. The van der Waals surface area contributed by atoms with Gasteiger partial charge in [0.15, 0.2) is 0 Å². The van der Waals surface area contributed by atoms with Gasteiger partial charge in [-0.05, 0) is 25.3 Å². The Balaban J connectivity index is 2.28. The summed E-state index contributed by atoms with van der Waals surface area (Å²) in [6.07, 6.45) is 2.35. The van der Waals surface area contributed by atoms with Gasteiger partial charge in [-0.2, -0.15) is 0 Å². The zero-order valence-corrected chi connectivity index (χ0v) is 8.92. The Kier molecular flexibility index (Phi) is 4.35. The molecule has 0 aliphatic carbocycles. The van der Waals surface area contributed by atoms with E-state index >= 15 is 0 Å². The SMILES string of the molecule is CC(C)C(NCC1CCCN1)C(=O)O. The molecule has 0 spiro atoms. The molecule has 0 aromatic rings. The van der Waals surface area contributed by atoms with E-state index in [4.69, 9.17) is 5.11 Å². The molecular weight excluding hydrogens is 180 g/mol. The highest BCUT2D eigenvalue weighted by Gasteiger charge is 2.22. The lowest BCUT2D eigenvalue weighted by Crippen LogP contribution is -2.46. The van der Waals surface area contributed by atoms with Gasteiger partial charge in [0.05, 0.1) is 0 Å². The summed E-state index contributed by atoms with van der Waals surface area (Å²) in [5.74, 6) is -0.619. The Hall–Kier alpha value is -0.610. The van der Waals surface area contributed by atoms with Crippen molar-refractivity contribution < 1.29 is 9.90 Å². The Labute approximate surface area is 85.1 Å². The molecule has 0 aromatic carbocycles. The molecule has 14 heavy (non-hydrogen) atoms. The van der Waals surface area contributed by atoms with E-state index in [2.05, 4.69) is 10.6 Å². The molecule has 1 aliphatic heterocycles. The molecule has 0 bridgehead atoms. The van der Waals surface area contributed by atoms with Crippen LogP contribution in [0, 0.1) is 5.92 Å². The molecule has 3 N–H and O–H groups in total.